The molecule has 0 fully saturated rings. The van der Waals surface area contributed by atoms with Crippen LogP contribution >= 0.6 is 0 Å². The van der Waals surface area contributed by atoms with E-state index in [0.29, 0.717) is 24.6 Å². The highest BCUT2D eigenvalue weighted by Crippen LogP contribution is 2.23. The Morgan fingerprint density at radius 3 is 2.17 bits per heavy atom. The molecule has 0 saturated heterocycles. The van der Waals surface area contributed by atoms with Crippen LogP contribution < -0.4 is 14.4 Å². The number of nitrogens with one attached hydrogen (secondary N) is 1. The van der Waals surface area contributed by atoms with Gasteiger partial charge in [-0.3, -0.25) is 13.9 Å². The third-order valence-electron chi connectivity index (χ3n) is 6.54. The summed E-state index contributed by atoms with van der Waals surface area (Å²) in [6, 6.07) is 22.9. The number of benzene rings is 3. The van der Waals surface area contributed by atoms with Crippen molar-refractivity contribution in [3.05, 3.63) is 95.6 Å². The maximum absolute atomic E-state index is 14.1. The number of hydrogen-bond donors (Lipinski definition) is 1. The average Bonchev–Trinajstić information content (AvgIpc) is 2.93. The SMILES string of the molecule is CCCNC(=O)[C@H](Cc1ccccc1)N(Cc1ccccc1C)C(=O)CN(c1ccc(OCC)cc1)S(C)(=O)=O. The molecule has 3 aromatic carbocycles. The summed E-state index contributed by atoms with van der Waals surface area (Å²) in [5.41, 5.74) is 3.08. The van der Waals surface area contributed by atoms with Crippen LogP contribution in [0.15, 0.2) is 78.9 Å². The van der Waals surface area contributed by atoms with E-state index in [4.69, 9.17) is 4.74 Å². The van der Waals surface area contributed by atoms with Gasteiger partial charge < -0.3 is 15.0 Å². The zero-order chi connectivity index (χ0) is 29.1. The van der Waals surface area contributed by atoms with E-state index in [0.717, 1.165) is 33.7 Å². The van der Waals surface area contributed by atoms with Gasteiger partial charge in [0.05, 0.1) is 18.6 Å². The summed E-state index contributed by atoms with van der Waals surface area (Å²) < 4.78 is 32.3. The van der Waals surface area contributed by atoms with Gasteiger partial charge in [0, 0.05) is 19.5 Å². The van der Waals surface area contributed by atoms with E-state index >= 15 is 0 Å². The lowest BCUT2D eigenvalue weighted by molar-refractivity contribution is -0.140. The molecule has 0 bridgehead atoms. The van der Waals surface area contributed by atoms with Gasteiger partial charge in [0.2, 0.25) is 21.8 Å². The highest BCUT2D eigenvalue weighted by Gasteiger charge is 2.33. The van der Waals surface area contributed by atoms with Crippen LogP contribution in [-0.2, 0) is 32.6 Å². The number of aryl methyl sites for hydroxylation is 1. The van der Waals surface area contributed by atoms with Crippen molar-refractivity contribution in [1.82, 2.24) is 10.2 Å². The molecular formula is C31H39N3O5S. The first-order chi connectivity index (χ1) is 19.1. The van der Waals surface area contributed by atoms with Crippen LogP contribution in [0.25, 0.3) is 0 Å². The Hall–Kier alpha value is -3.85. The van der Waals surface area contributed by atoms with Crippen molar-refractivity contribution in [2.24, 2.45) is 0 Å². The Morgan fingerprint density at radius 1 is 0.925 bits per heavy atom. The van der Waals surface area contributed by atoms with Crippen molar-refractivity contribution in [1.29, 1.82) is 0 Å². The number of amides is 2. The number of carbonyl (C=O) groups is 2. The molecule has 0 heterocycles. The van der Waals surface area contributed by atoms with Crippen LogP contribution in [0.2, 0.25) is 0 Å². The third kappa shape index (κ3) is 8.58. The number of sulfonamides is 1. The first-order valence-corrected chi connectivity index (χ1v) is 15.3. The minimum absolute atomic E-state index is 0.156. The molecule has 3 rings (SSSR count). The number of hydrogen-bond acceptors (Lipinski definition) is 5. The van der Waals surface area contributed by atoms with E-state index in [1.807, 2.05) is 75.4 Å². The zero-order valence-electron chi connectivity index (χ0n) is 23.7. The minimum atomic E-state index is -3.83. The molecular weight excluding hydrogens is 526 g/mol. The minimum Gasteiger partial charge on any atom is -0.494 e. The number of rotatable bonds is 14. The van der Waals surface area contributed by atoms with Gasteiger partial charge in [0.15, 0.2) is 0 Å². The van der Waals surface area contributed by atoms with Crippen molar-refractivity contribution >= 4 is 27.5 Å². The standard InChI is InChI=1S/C31H39N3O5S/c1-5-20-32-31(36)29(21-25-13-8-7-9-14-25)33(22-26-15-11-10-12-24(26)3)30(35)23-34(40(4,37)38)27-16-18-28(19-17-27)39-6-2/h7-19,29H,5-6,20-23H2,1-4H3,(H,32,36)/t29-/m0/s1. The van der Waals surface area contributed by atoms with Crippen molar-refractivity contribution < 1.29 is 22.7 Å². The van der Waals surface area contributed by atoms with Crippen LogP contribution in [0, 0.1) is 6.92 Å². The normalized spacial score (nSPS) is 11.9. The Kier molecular flexibility index (Phi) is 11.1. The van der Waals surface area contributed by atoms with E-state index in [1.54, 1.807) is 24.3 Å². The summed E-state index contributed by atoms with van der Waals surface area (Å²) in [6.07, 6.45) is 2.10. The molecule has 214 valence electrons. The Bertz CT molecular complexity index is 1360. The number of anilines is 1. The lowest BCUT2D eigenvalue weighted by Crippen LogP contribution is -2.53. The van der Waals surface area contributed by atoms with E-state index in [9.17, 15) is 18.0 Å². The van der Waals surface area contributed by atoms with E-state index in [2.05, 4.69) is 5.32 Å². The molecule has 9 heteroatoms. The van der Waals surface area contributed by atoms with E-state index < -0.39 is 28.5 Å². The van der Waals surface area contributed by atoms with Gasteiger partial charge in [-0.25, -0.2) is 8.42 Å². The number of ether oxygens (including phenoxy) is 1. The molecule has 2 amide bonds. The van der Waals surface area contributed by atoms with Crippen LogP contribution in [0.5, 0.6) is 5.75 Å². The molecule has 0 aromatic heterocycles. The second-order valence-corrected chi connectivity index (χ2v) is 11.5. The summed E-state index contributed by atoms with van der Waals surface area (Å²) >= 11 is 0. The molecule has 0 aliphatic carbocycles. The second kappa shape index (κ2) is 14.5. The summed E-state index contributed by atoms with van der Waals surface area (Å²) in [4.78, 5) is 29.1. The van der Waals surface area contributed by atoms with Gasteiger partial charge in [-0.15, -0.1) is 0 Å². The second-order valence-electron chi connectivity index (χ2n) is 9.64. The average molecular weight is 566 g/mol. The third-order valence-corrected chi connectivity index (χ3v) is 7.68. The fourth-order valence-electron chi connectivity index (χ4n) is 4.38. The molecule has 1 atom stereocenters. The molecule has 8 nitrogen and oxygen atoms in total. The lowest BCUT2D eigenvalue weighted by atomic mass is 10.0. The summed E-state index contributed by atoms with van der Waals surface area (Å²) in [7, 11) is -3.83. The Labute approximate surface area is 238 Å². The first kappa shape index (κ1) is 30.7. The maximum Gasteiger partial charge on any atom is 0.244 e. The lowest BCUT2D eigenvalue weighted by Gasteiger charge is -2.34. The van der Waals surface area contributed by atoms with Gasteiger partial charge in [-0.1, -0.05) is 61.5 Å². The quantitative estimate of drug-likeness (QED) is 0.314. The molecule has 0 unspecified atom stereocenters. The van der Waals surface area contributed by atoms with E-state index in [-0.39, 0.29) is 18.9 Å². The molecule has 40 heavy (non-hydrogen) atoms. The topological polar surface area (TPSA) is 96.0 Å². The summed E-state index contributed by atoms with van der Waals surface area (Å²) in [6.45, 7) is 6.42. The number of carbonyl (C=O) groups excluding carboxylic acids is 2. The largest absolute Gasteiger partial charge is 0.494 e. The van der Waals surface area contributed by atoms with Gasteiger partial charge in [-0.2, -0.15) is 0 Å². The molecule has 0 aliphatic heterocycles. The van der Waals surface area contributed by atoms with Crippen LogP contribution in [0.3, 0.4) is 0 Å². The van der Waals surface area contributed by atoms with Crippen molar-refractivity contribution in [3.8, 4) is 5.75 Å². The fraction of sp³-hybridized carbons (Fsp3) is 0.355. The van der Waals surface area contributed by atoms with Gasteiger partial charge >= 0.3 is 0 Å². The molecule has 1 N–H and O–H groups in total. The highest BCUT2D eigenvalue weighted by atomic mass is 32.2. The smallest absolute Gasteiger partial charge is 0.244 e. The Balaban J connectivity index is 2.03. The fourth-order valence-corrected chi connectivity index (χ4v) is 5.23. The predicted octanol–water partition coefficient (Wildman–Crippen LogP) is 4.33. The summed E-state index contributed by atoms with van der Waals surface area (Å²) in [5, 5.41) is 2.94. The molecule has 0 radical (unpaired) electrons. The van der Waals surface area contributed by atoms with Crippen molar-refractivity contribution in [3.63, 3.8) is 0 Å². The van der Waals surface area contributed by atoms with Crippen molar-refractivity contribution in [2.75, 3.05) is 30.3 Å². The number of nitrogens with zero attached hydrogens (tertiary/aromatic N) is 2. The Morgan fingerprint density at radius 2 is 1.57 bits per heavy atom. The molecule has 0 saturated carbocycles. The zero-order valence-corrected chi connectivity index (χ0v) is 24.5. The van der Waals surface area contributed by atoms with Crippen LogP contribution in [0.4, 0.5) is 5.69 Å². The molecule has 0 spiro atoms. The monoisotopic (exact) mass is 565 g/mol. The predicted molar refractivity (Wildman–Crippen MR) is 159 cm³/mol. The van der Waals surface area contributed by atoms with Crippen LogP contribution in [-0.4, -0.2) is 57.1 Å². The molecule has 3 aromatic rings. The van der Waals surface area contributed by atoms with Gasteiger partial charge in [0.1, 0.15) is 18.3 Å². The maximum atomic E-state index is 14.1. The van der Waals surface area contributed by atoms with Gasteiger partial charge in [0.25, 0.3) is 0 Å². The van der Waals surface area contributed by atoms with Gasteiger partial charge in [-0.05, 0) is 61.2 Å². The van der Waals surface area contributed by atoms with Crippen LogP contribution in [0.1, 0.15) is 37.0 Å². The first-order valence-electron chi connectivity index (χ1n) is 13.5. The molecule has 0 aliphatic rings. The summed E-state index contributed by atoms with van der Waals surface area (Å²) in [5.74, 6) is -0.155. The highest BCUT2D eigenvalue weighted by molar-refractivity contribution is 7.92. The van der Waals surface area contributed by atoms with E-state index in [1.165, 1.54) is 4.90 Å². The van der Waals surface area contributed by atoms with Crippen molar-refractivity contribution in [2.45, 2.75) is 46.2 Å².